The van der Waals surface area contributed by atoms with Gasteiger partial charge in [0, 0.05) is 31.1 Å². The first-order valence-corrected chi connectivity index (χ1v) is 7.46. The van der Waals surface area contributed by atoms with E-state index in [-0.39, 0.29) is 18.9 Å². The van der Waals surface area contributed by atoms with Gasteiger partial charge in [-0.2, -0.15) is 13.5 Å². The Morgan fingerprint density at radius 1 is 1.40 bits per heavy atom. The minimum atomic E-state index is -4.69. The molecule has 0 aliphatic carbocycles. The van der Waals surface area contributed by atoms with Crippen LogP contribution in [0.3, 0.4) is 0 Å². The summed E-state index contributed by atoms with van der Waals surface area (Å²) in [7, 11) is -2.89. The van der Waals surface area contributed by atoms with Gasteiger partial charge in [0.2, 0.25) is 5.91 Å². The summed E-state index contributed by atoms with van der Waals surface area (Å²) in [4.78, 5) is 13.1. The number of aryl methyl sites for hydroxylation is 1. The normalized spacial score (nSPS) is 20.0. The van der Waals surface area contributed by atoms with Crippen LogP contribution in [-0.2, 0) is 22.1 Å². The lowest BCUT2D eigenvalue weighted by molar-refractivity contribution is -0.117. The van der Waals surface area contributed by atoms with Crippen LogP contribution in [0, 0.1) is 0 Å². The minimum Gasteiger partial charge on any atom is -0.311 e. The third-order valence-electron chi connectivity index (χ3n) is 3.53. The van der Waals surface area contributed by atoms with Gasteiger partial charge in [-0.25, -0.2) is 0 Å². The number of carbonyl (C=O) groups excluding carboxylic acids is 1. The Hall–Kier alpha value is -1.96. The summed E-state index contributed by atoms with van der Waals surface area (Å²) in [5.74, 6) is -0.389. The number of halogens is 1. The average Bonchev–Trinajstić information content (AvgIpc) is 2.93. The molecule has 2 aromatic rings. The maximum Gasteiger partial charge on any atom is 0.307 e. The molecule has 1 fully saturated rings. The number of hydrogen-bond acceptors (Lipinski definition) is 4. The first kappa shape index (κ1) is 13.0. The van der Waals surface area contributed by atoms with E-state index in [4.69, 9.17) is 0 Å². The summed E-state index contributed by atoms with van der Waals surface area (Å²) in [6.07, 6.45) is 1.34. The van der Waals surface area contributed by atoms with Crippen molar-refractivity contribution in [2.45, 2.75) is 11.7 Å². The Kier molecular flexibility index (Phi) is 2.79. The Morgan fingerprint density at radius 3 is 2.80 bits per heavy atom. The second kappa shape index (κ2) is 4.27. The highest BCUT2D eigenvalue weighted by Gasteiger charge is 2.39. The van der Waals surface area contributed by atoms with E-state index in [0.717, 1.165) is 10.9 Å². The van der Waals surface area contributed by atoms with Crippen molar-refractivity contribution in [3.8, 4) is 0 Å². The molecule has 6 nitrogen and oxygen atoms in total. The van der Waals surface area contributed by atoms with E-state index < -0.39 is 15.5 Å². The van der Waals surface area contributed by atoms with Crippen LogP contribution in [0.2, 0.25) is 0 Å². The molecule has 0 radical (unpaired) electrons. The van der Waals surface area contributed by atoms with E-state index in [1.54, 1.807) is 36.1 Å². The van der Waals surface area contributed by atoms with Crippen molar-refractivity contribution in [3.63, 3.8) is 0 Å². The largest absolute Gasteiger partial charge is 0.311 e. The molecule has 1 atom stereocenters. The average molecular weight is 297 g/mol. The zero-order valence-electron chi connectivity index (χ0n) is 10.7. The molecule has 0 N–H and O–H groups in total. The second-order valence-corrected chi connectivity index (χ2v) is 6.44. The van der Waals surface area contributed by atoms with Crippen LogP contribution in [0.1, 0.15) is 6.42 Å². The predicted octanol–water partition coefficient (Wildman–Crippen LogP) is 0.978. The number of anilines is 1. The van der Waals surface area contributed by atoms with Crippen molar-refractivity contribution in [1.82, 2.24) is 9.78 Å². The molecule has 106 valence electrons. The highest BCUT2D eigenvalue weighted by Crippen LogP contribution is 2.28. The summed E-state index contributed by atoms with van der Waals surface area (Å²) in [5, 5.41) is 3.65. The van der Waals surface area contributed by atoms with Gasteiger partial charge in [-0.05, 0) is 18.2 Å². The van der Waals surface area contributed by atoms with Gasteiger partial charge >= 0.3 is 10.2 Å². The second-order valence-electron chi connectivity index (χ2n) is 4.82. The summed E-state index contributed by atoms with van der Waals surface area (Å²) in [6.45, 7) is -0.149. The van der Waals surface area contributed by atoms with Crippen LogP contribution in [0.25, 0.3) is 10.9 Å². The standard InChI is InChI=1S/C12H12FN3O3S/c1-15-11-3-2-9(4-8(11)6-14-15)16-7-10(5-12(16)17)20(13,18)19/h2-4,6,10H,5,7H2,1H3. The summed E-state index contributed by atoms with van der Waals surface area (Å²) < 4.78 is 36.5. The molecule has 0 spiro atoms. The highest BCUT2D eigenvalue weighted by molar-refractivity contribution is 7.87. The van der Waals surface area contributed by atoms with Gasteiger partial charge in [-0.3, -0.25) is 9.48 Å². The number of fused-ring (bicyclic) bond motifs is 1. The van der Waals surface area contributed by atoms with Gasteiger partial charge in [0.1, 0.15) is 5.25 Å². The fraction of sp³-hybridized carbons (Fsp3) is 0.333. The molecule has 1 aromatic heterocycles. The zero-order valence-corrected chi connectivity index (χ0v) is 11.5. The topological polar surface area (TPSA) is 72.3 Å². The molecule has 0 bridgehead atoms. The van der Waals surface area contributed by atoms with E-state index in [1.165, 1.54) is 4.90 Å². The SMILES string of the molecule is Cn1ncc2cc(N3CC(S(=O)(=O)F)CC3=O)ccc21. The molecule has 1 aliphatic heterocycles. The first-order valence-electron chi connectivity index (χ1n) is 6.02. The molecule has 3 rings (SSSR count). The highest BCUT2D eigenvalue weighted by atomic mass is 32.3. The third kappa shape index (κ3) is 2.05. The summed E-state index contributed by atoms with van der Waals surface area (Å²) in [5.41, 5.74) is 1.46. The van der Waals surface area contributed by atoms with E-state index in [0.29, 0.717) is 5.69 Å². The maximum absolute atomic E-state index is 13.0. The number of carbonyl (C=O) groups is 1. The quantitative estimate of drug-likeness (QED) is 0.775. The van der Waals surface area contributed by atoms with E-state index in [9.17, 15) is 17.1 Å². The van der Waals surface area contributed by atoms with Gasteiger partial charge in [0.05, 0.1) is 11.7 Å². The van der Waals surface area contributed by atoms with Crippen molar-refractivity contribution >= 4 is 32.7 Å². The van der Waals surface area contributed by atoms with Crippen LogP contribution in [-0.4, -0.2) is 35.9 Å². The molecule has 2 heterocycles. The lowest BCUT2D eigenvalue weighted by atomic mass is 10.2. The molecule has 1 aromatic carbocycles. The first-order chi connectivity index (χ1) is 9.36. The molecular weight excluding hydrogens is 285 g/mol. The van der Waals surface area contributed by atoms with Gasteiger partial charge in [0.15, 0.2) is 0 Å². The van der Waals surface area contributed by atoms with Crippen LogP contribution in [0.15, 0.2) is 24.4 Å². The molecule has 0 saturated carbocycles. The van der Waals surface area contributed by atoms with Crippen molar-refractivity contribution in [1.29, 1.82) is 0 Å². The molecule has 20 heavy (non-hydrogen) atoms. The Labute approximate surface area is 115 Å². The van der Waals surface area contributed by atoms with Gasteiger partial charge in [-0.1, -0.05) is 0 Å². The number of nitrogens with zero attached hydrogens (tertiary/aromatic N) is 3. The van der Waals surface area contributed by atoms with Crippen molar-refractivity contribution in [2.75, 3.05) is 11.4 Å². The summed E-state index contributed by atoms with van der Waals surface area (Å²) in [6, 6.07) is 5.24. The van der Waals surface area contributed by atoms with E-state index in [2.05, 4.69) is 5.10 Å². The summed E-state index contributed by atoms with van der Waals surface area (Å²) >= 11 is 0. The Morgan fingerprint density at radius 2 is 2.15 bits per heavy atom. The molecule has 8 heteroatoms. The Bertz CT molecular complexity index is 799. The van der Waals surface area contributed by atoms with Crippen molar-refractivity contribution in [3.05, 3.63) is 24.4 Å². The predicted molar refractivity (Wildman–Crippen MR) is 71.5 cm³/mol. The molecule has 1 aliphatic rings. The number of aromatic nitrogens is 2. The number of benzene rings is 1. The Balaban J connectivity index is 1.97. The third-order valence-corrected chi connectivity index (χ3v) is 4.64. The van der Waals surface area contributed by atoms with Gasteiger partial charge < -0.3 is 4.90 Å². The zero-order chi connectivity index (χ0) is 14.5. The van der Waals surface area contributed by atoms with E-state index >= 15 is 0 Å². The number of hydrogen-bond donors (Lipinski definition) is 0. The number of rotatable bonds is 2. The fourth-order valence-corrected chi connectivity index (χ4v) is 3.10. The smallest absolute Gasteiger partial charge is 0.307 e. The monoisotopic (exact) mass is 297 g/mol. The lowest BCUT2D eigenvalue weighted by Gasteiger charge is -2.16. The molecule has 1 saturated heterocycles. The number of amides is 1. The van der Waals surface area contributed by atoms with E-state index in [1.807, 2.05) is 0 Å². The van der Waals surface area contributed by atoms with Crippen LogP contribution in [0.5, 0.6) is 0 Å². The van der Waals surface area contributed by atoms with Crippen LogP contribution < -0.4 is 4.90 Å². The van der Waals surface area contributed by atoms with Crippen molar-refractivity contribution < 1.29 is 17.1 Å². The minimum absolute atomic E-state index is 0.149. The van der Waals surface area contributed by atoms with Gasteiger partial charge in [-0.15, -0.1) is 3.89 Å². The molecule has 1 amide bonds. The van der Waals surface area contributed by atoms with Crippen molar-refractivity contribution in [2.24, 2.45) is 7.05 Å². The van der Waals surface area contributed by atoms with Gasteiger partial charge in [0.25, 0.3) is 0 Å². The van der Waals surface area contributed by atoms with Crippen LogP contribution in [0.4, 0.5) is 9.57 Å². The molecule has 1 unspecified atom stereocenters. The lowest BCUT2D eigenvalue weighted by Crippen LogP contribution is -2.26. The molecular formula is C12H12FN3O3S. The fourth-order valence-electron chi connectivity index (χ4n) is 2.43. The maximum atomic E-state index is 13.0. The van der Waals surface area contributed by atoms with Crippen LogP contribution >= 0.6 is 0 Å².